The fourth-order valence-electron chi connectivity index (χ4n) is 1.90. The minimum atomic E-state index is -3.75. The van der Waals surface area contributed by atoms with E-state index in [-0.39, 0.29) is 15.6 Å². The Balaban J connectivity index is 2.04. The Bertz CT molecular complexity index is 1030. The smallest absolute Gasteiger partial charge is 0.433 e. The number of sulfonamides is 1. The number of rotatable bonds is 7. The Hall–Kier alpha value is -2.96. The molecular formula is C15H14ClN3O8S. The molecule has 28 heavy (non-hydrogen) atoms. The van der Waals surface area contributed by atoms with Crippen molar-refractivity contribution in [2.24, 2.45) is 0 Å². The summed E-state index contributed by atoms with van der Waals surface area (Å²) in [5.74, 6) is -2.99. The Morgan fingerprint density at radius 3 is 2.54 bits per heavy atom. The van der Waals surface area contributed by atoms with Gasteiger partial charge < -0.3 is 14.5 Å². The molecule has 0 saturated carbocycles. The van der Waals surface area contributed by atoms with Crippen LogP contribution in [0.25, 0.3) is 0 Å². The largest absolute Gasteiger partial charge is 0.450 e. The number of hydrogen-bond acceptors (Lipinski definition) is 8. The number of benzene rings is 1. The Labute approximate surface area is 164 Å². The quantitative estimate of drug-likeness (QED) is 0.396. The molecule has 150 valence electrons. The molecule has 0 saturated heterocycles. The van der Waals surface area contributed by atoms with Gasteiger partial charge in [0.05, 0.1) is 21.7 Å². The Morgan fingerprint density at radius 2 is 1.96 bits per heavy atom. The number of esters is 1. The molecule has 1 aromatic carbocycles. The summed E-state index contributed by atoms with van der Waals surface area (Å²) in [6.07, 6.45) is 0. The fourth-order valence-corrected chi connectivity index (χ4v) is 2.99. The van der Waals surface area contributed by atoms with Crippen LogP contribution < -0.4 is 5.32 Å². The maximum atomic E-state index is 12.1. The van der Waals surface area contributed by atoms with Gasteiger partial charge in [0.2, 0.25) is 15.8 Å². The number of furan rings is 1. The summed E-state index contributed by atoms with van der Waals surface area (Å²) in [7, 11) is -1.05. The van der Waals surface area contributed by atoms with Crippen LogP contribution >= 0.6 is 11.6 Å². The third kappa shape index (κ3) is 4.85. The van der Waals surface area contributed by atoms with Gasteiger partial charge in [0.15, 0.2) is 6.61 Å². The van der Waals surface area contributed by atoms with Crippen LogP contribution in [0.4, 0.5) is 11.6 Å². The van der Waals surface area contributed by atoms with Crippen molar-refractivity contribution >= 4 is 45.1 Å². The van der Waals surface area contributed by atoms with Crippen molar-refractivity contribution in [1.29, 1.82) is 0 Å². The summed E-state index contributed by atoms with van der Waals surface area (Å²) in [5.41, 5.74) is -0.000669. The monoisotopic (exact) mass is 431 g/mol. The molecule has 1 amide bonds. The summed E-state index contributed by atoms with van der Waals surface area (Å²) in [4.78, 5) is 33.3. The topological polar surface area (TPSA) is 149 Å². The molecule has 11 nitrogen and oxygen atoms in total. The SMILES string of the molecule is CN(C)S(=O)(=O)c1ccc(Cl)c(NC(=O)COC(=O)c2ccc([N+](=O)[O-])o2)c1. The van der Waals surface area contributed by atoms with Crippen molar-refractivity contribution in [1.82, 2.24) is 4.31 Å². The molecule has 0 aliphatic heterocycles. The Kier molecular flexibility index (Phi) is 6.38. The second-order valence-corrected chi connectivity index (χ2v) is 8.01. The number of amides is 1. The number of nitro groups is 1. The van der Waals surface area contributed by atoms with Gasteiger partial charge in [0, 0.05) is 14.1 Å². The van der Waals surface area contributed by atoms with Gasteiger partial charge in [0.25, 0.3) is 5.91 Å². The number of ether oxygens (including phenoxy) is 1. The van der Waals surface area contributed by atoms with Gasteiger partial charge in [-0.1, -0.05) is 11.6 Å². The molecule has 2 aromatic rings. The highest BCUT2D eigenvalue weighted by Crippen LogP contribution is 2.26. The maximum absolute atomic E-state index is 12.1. The van der Waals surface area contributed by atoms with Crippen molar-refractivity contribution in [2.75, 3.05) is 26.0 Å². The predicted octanol–water partition coefficient (Wildman–Crippen LogP) is 1.89. The van der Waals surface area contributed by atoms with Crippen LogP contribution in [-0.4, -0.2) is 50.2 Å². The first-order valence-electron chi connectivity index (χ1n) is 7.45. The summed E-state index contributed by atoms with van der Waals surface area (Å²) in [6.45, 7) is -0.756. The average molecular weight is 432 g/mol. The summed E-state index contributed by atoms with van der Waals surface area (Å²) in [6, 6.07) is 5.73. The molecule has 2 rings (SSSR count). The van der Waals surface area contributed by atoms with Crippen LogP contribution in [-0.2, 0) is 19.6 Å². The number of nitrogens with zero attached hydrogens (tertiary/aromatic N) is 2. The lowest BCUT2D eigenvalue weighted by Crippen LogP contribution is -2.23. The van der Waals surface area contributed by atoms with E-state index in [0.29, 0.717) is 0 Å². The van der Waals surface area contributed by atoms with Crippen LogP contribution in [0.15, 0.2) is 39.6 Å². The number of anilines is 1. The minimum Gasteiger partial charge on any atom is -0.450 e. The highest BCUT2D eigenvalue weighted by molar-refractivity contribution is 7.89. The summed E-state index contributed by atoms with van der Waals surface area (Å²) in [5, 5.41) is 12.9. The summed E-state index contributed by atoms with van der Waals surface area (Å²) >= 11 is 5.95. The van der Waals surface area contributed by atoms with Gasteiger partial charge in [-0.25, -0.2) is 17.5 Å². The molecule has 0 fully saturated rings. The van der Waals surface area contributed by atoms with E-state index in [2.05, 4.69) is 9.73 Å². The van der Waals surface area contributed by atoms with Crippen LogP contribution in [0.5, 0.6) is 0 Å². The van der Waals surface area contributed by atoms with E-state index in [1.165, 1.54) is 26.2 Å². The number of hydrogen-bond donors (Lipinski definition) is 1. The van der Waals surface area contributed by atoms with E-state index in [1.807, 2.05) is 0 Å². The number of halogens is 1. The lowest BCUT2D eigenvalue weighted by atomic mass is 10.3. The molecule has 0 aliphatic carbocycles. The van der Waals surface area contributed by atoms with Gasteiger partial charge in [-0.05, 0) is 24.3 Å². The highest BCUT2D eigenvalue weighted by atomic mass is 35.5. The van der Waals surface area contributed by atoms with Crippen LogP contribution in [0.1, 0.15) is 10.6 Å². The normalized spacial score (nSPS) is 11.3. The van der Waals surface area contributed by atoms with Gasteiger partial charge in [-0.15, -0.1) is 0 Å². The predicted molar refractivity (Wildman–Crippen MR) is 96.6 cm³/mol. The maximum Gasteiger partial charge on any atom is 0.433 e. The number of nitrogens with one attached hydrogen (secondary N) is 1. The van der Waals surface area contributed by atoms with Crippen molar-refractivity contribution in [3.8, 4) is 0 Å². The number of carbonyl (C=O) groups is 2. The van der Waals surface area contributed by atoms with Crippen LogP contribution in [0, 0.1) is 10.1 Å². The molecule has 0 aliphatic rings. The second-order valence-electron chi connectivity index (χ2n) is 5.45. The van der Waals surface area contributed by atoms with E-state index in [9.17, 15) is 28.1 Å². The molecular weight excluding hydrogens is 418 g/mol. The molecule has 1 heterocycles. The lowest BCUT2D eigenvalue weighted by Gasteiger charge is -2.13. The zero-order valence-electron chi connectivity index (χ0n) is 14.5. The standard InChI is InChI=1S/C15H14ClN3O8S/c1-18(2)28(24,25)9-3-4-10(16)11(7-9)17-13(20)8-26-15(21)12-5-6-14(27-12)19(22)23/h3-7H,8H2,1-2H3,(H,17,20). The van der Waals surface area contributed by atoms with Gasteiger partial charge in [0.1, 0.15) is 4.92 Å². The first-order valence-corrected chi connectivity index (χ1v) is 9.27. The minimum absolute atomic E-state index is 0.000669. The first-order chi connectivity index (χ1) is 13.0. The van der Waals surface area contributed by atoms with E-state index in [0.717, 1.165) is 22.5 Å². The van der Waals surface area contributed by atoms with Crippen molar-refractivity contribution < 1.29 is 32.1 Å². The zero-order chi connectivity index (χ0) is 21.1. The van der Waals surface area contributed by atoms with E-state index >= 15 is 0 Å². The van der Waals surface area contributed by atoms with Crippen LogP contribution in [0.2, 0.25) is 5.02 Å². The summed E-state index contributed by atoms with van der Waals surface area (Å²) < 4.78 is 34.6. The average Bonchev–Trinajstić information content (AvgIpc) is 3.11. The molecule has 0 spiro atoms. The van der Waals surface area contributed by atoms with Crippen molar-refractivity contribution in [3.05, 3.63) is 51.2 Å². The van der Waals surface area contributed by atoms with E-state index in [4.69, 9.17) is 16.3 Å². The molecule has 1 aromatic heterocycles. The lowest BCUT2D eigenvalue weighted by molar-refractivity contribution is -0.402. The molecule has 1 N–H and O–H groups in total. The number of carbonyl (C=O) groups excluding carboxylic acids is 2. The van der Waals surface area contributed by atoms with Gasteiger partial charge in [-0.3, -0.25) is 14.9 Å². The third-order valence-electron chi connectivity index (χ3n) is 3.30. The van der Waals surface area contributed by atoms with Crippen molar-refractivity contribution in [3.63, 3.8) is 0 Å². The van der Waals surface area contributed by atoms with E-state index in [1.54, 1.807) is 0 Å². The second kappa shape index (κ2) is 8.37. The van der Waals surface area contributed by atoms with Gasteiger partial charge in [-0.2, -0.15) is 0 Å². The fraction of sp³-hybridized carbons (Fsp3) is 0.200. The Morgan fingerprint density at radius 1 is 1.29 bits per heavy atom. The highest BCUT2D eigenvalue weighted by Gasteiger charge is 2.21. The molecule has 0 atom stereocenters. The molecule has 13 heteroatoms. The van der Waals surface area contributed by atoms with E-state index < -0.39 is 45.1 Å². The molecule has 0 bridgehead atoms. The molecule has 0 radical (unpaired) electrons. The zero-order valence-corrected chi connectivity index (χ0v) is 16.1. The molecule has 0 unspecified atom stereocenters. The first kappa shape index (κ1) is 21.3. The third-order valence-corrected chi connectivity index (χ3v) is 5.44. The van der Waals surface area contributed by atoms with Crippen LogP contribution in [0.3, 0.4) is 0 Å². The van der Waals surface area contributed by atoms with Gasteiger partial charge >= 0.3 is 11.9 Å². The van der Waals surface area contributed by atoms with Crippen molar-refractivity contribution in [2.45, 2.75) is 4.90 Å².